The fourth-order valence-corrected chi connectivity index (χ4v) is 2.68. The fraction of sp³-hybridized carbons (Fsp3) is 0.385. The van der Waals surface area contributed by atoms with Gasteiger partial charge < -0.3 is 10.0 Å². The number of amides is 1. The van der Waals surface area contributed by atoms with Crippen molar-refractivity contribution in [1.29, 1.82) is 0 Å². The minimum absolute atomic E-state index is 0.102. The van der Waals surface area contributed by atoms with Crippen molar-refractivity contribution >= 4 is 35.1 Å². The molecule has 0 aromatic heterocycles. The van der Waals surface area contributed by atoms with Crippen LogP contribution in [0.5, 0.6) is 0 Å². The van der Waals surface area contributed by atoms with Crippen LogP contribution in [-0.4, -0.2) is 35.0 Å². The molecule has 1 aromatic carbocycles. The maximum Gasteiger partial charge on any atom is 0.308 e. The number of hydrogen-bond acceptors (Lipinski definition) is 2. The lowest BCUT2D eigenvalue weighted by molar-refractivity contribution is -0.141. The lowest BCUT2D eigenvalue weighted by atomic mass is 10.1. The monoisotopic (exact) mass is 301 g/mol. The van der Waals surface area contributed by atoms with E-state index in [-0.39, 0.29) is 18.9 Å². The third kappa shape index (κ3) is 3.19. The van der Waals surface area contributed by atoms with E-state index in [9.17, 15) is 9.59 Å². The number of rotatable bonds is 3. The van der Waals surface area contributed by atoms with Gasteiger partial charge in [-0.15, -0.1) is 0 Å². The second-order valence-corrected chi connectivity index (χ2v) is 5.35. The van der Waals surface area contributed by atoms with Crippen molar-refractivity contribution in [2.75, 3.05) is 13.1 Å². The molecule has 1 fully saturated rings. The molecule has 0 unspecified atom stereocenters. The molecule has 102 valence electrons. The molecule has 4 nitrogen and oxygen atoms in total. The number of likely N-dealkylation sites (tertiary alicyclic amines) is 1. The van der Waals surface area contributed by atoms with Gasteiger partial charge in [0.2, 0.25) is 5.91 Å². The molecule has 1 heterocycles. The van der Waals surface area contributed by atoms with E-state index in [1.165, 1.54) is 0 Å². The summed E-state index contributed by atoms with van der Waals surface area (Å²) in [5.41, 5.74) is 0.592. The van der Waals surface area contributed by atoms with E-state index >= 15 is 0 Å². The number of carbonyl (C=O) groups is 2. The SMILES string of the molecule is O=C(O)[C@@H]1CCN(C(=O)Cc2c(Cl)cccc2Cl)C1. The minimum atomic E-state index is -0.855. The van der Waals surface area contributed by atoms with Crippen molar-refractivity contribution in [3.05, 3.63) is 33.8 Å². The summed E-state index contributed by atoms with van der Waals surface area (Å²) < 4.78 is 0. The summed E-state index contributed by atoms with van der Waals surface area (Å²) in [7, 11) is 0. The fourth-order valence-electron chi connectivity index (χ4n) is 2.15. The Labute approximate surface area is 120 Å². The molecule has 0 radical (unpaired) electrons. The van der Waals surface area contributed by atoms with Gasteiger partial charge in [0, 0.05) is 23.1 Å². The lowest BCUT2D eigenvalue weighted by Crippen LogP contribution is -2.31. The number of carbonyl (C=O) groups excluding carboxylic acids is 1. The first-order valence-corrected chi connectivity index (χ1v) is 6.68. The van der Waals surface area contributed by atoms with Gasteiger partial charge in [-0.3, -0.25) is 9.59 Å². The van der Waals surface area contributed by atoms with E-state index in [0.717, 1.165) is 0 Å². The Morgan fingerprint density at radius 2 is 1.95 bits per heavy atom. The van der Waals surface area contributed by atoms with Gasteiger partial charge in [0.1, 0.15) is 0 Å². The number of benzene rings is 1. The molecular formula is C13H13Cl2NO3. The van der Waals surface area contributed by atoms with Gasteiger partial charge in [0.15, 0.2) is 0 Å². The number of nitrogens with zero attached hydrogens (tertiary/aromatic N) is 1. The second-order valence-electron chi connectivity index (χ2n) is 4.54. The van der Waals surface area contributed by atoms with Gasteiger partial charge in [-0.25, -0.2) is 0 Å². The summed E-state index contributed by atoms with van der Waals surface area (Å²) in [5.74, 6) is -1.46. The average Bonchev–Trinajstić information content (AvgIpc) is 2.83. The molecule has 1 saturated heterocycles. The zero-order chi connectivity index (χ0) is 14.0. The Morgan fingerprint density at radius 3 is 2.47 bits per heavy atom. The number of halogens is 2. The zero-order valence-electron chi connectivity index (χ0n) is 10.1. The molecule has 1 aromatic rings. The highest BCUT2D eigenvalue weighted by molar-refractivity contribution is 6.36. The topological polar surface area (TPSA) is 57.6 Å². The second kappa shape index (κ2) is 5.80. The van der Waals surface area contributed by atoms with Crippen molar-refractivity contribution in [1.82, 2.24) is 4.90 Å². The highest BCUT2D eigenvalue weighted by atomic mass is 35.5. The predicted molar refractivity (Wildman–Crippen MR) is 72.5 cm³/mol. The van der Waals surface area contributed by atoms with E-state index in [2.05, 4.69) is 0 Å². The van der Waals surface area contributed by atoms with Crippen LogP contribution in [0.15, 0.2) is 18.2 Å². The van der Waals surface area contributed by atoms with Gasteiger partial charge in [0.25, 0.3) is 0 Å². The van der Waals surface area contributed by atoms with E-state index < -0.39 is 11.9 Å². The normalized spacial score (nSPS) is 18.6. The maximum atomic E-state index is 12.1. The van der Waals surface area contributed by atoms with Crippen molar-refractivity contribution in [2.24, 2.45) is 5.92 Å². The first-order chi connectivity index (χ1) is 8.99. The molecule has 19 heavy (non-hydrogen) atoms. The summed E-state index contributed by atoms with van der Waals surface area (Å²) in [6.45, 7) is 0.730. The molecule has 1 atom stereocenters. The van der Waals surface area contributed by atoms with Gasteiger partial charge >= 0.3 is 5.97 Å². The van der Waals surface area contributed by atoms with Gasteiger partial charge in [-0.2, -0.15) is 0 Å². The van der Waals surface area contributed by atoms with Crippen molar-refractivity contribution in [3.63, 3.8) is 0 Å². The quantitative estimate of drug-likeness (QED) is 0.933. The molecule has 1 aliphatic rings. The lowest BCUT2D eigenvalue weighted by Gasteiger charge is -2.16. The number of hydrogen-bond donors (Lipinski definition) is 1. The van der Waals surface area contributed by atoms with Gasteiger partial charge in [0.05, 0.1) is 12.3 Å². The third-order valence-corrected chi connectivity index (χ3v) is 3.99. The van der Waals surface area contributed by atoms with Crippen LogP contribution in [0, 0.1) is 5.92 Å². The molecule has 2 rings (SSSR count). The Hall–Kier alpha value is -1.26. The molecule has 0 bridgehead atoms. The Morgan fingerprint density at radius 1 is 1.32 bits per heavy atom. The molecule has 1 N–H and O–H groups in total. The molecule has 0 saturated carbocycles. The largest absolute Gasteiger partial charge is 0.481 e. The summed E-state index contributed by atoms with van der Waals surface area (Å²) in [6, 6.07) is 5.08. The summed E-state index contributed by atoms with van der Waals surface area (Å²) >= 11 is 12.0. The van der Waals surface area contributed by atoms with E-state index in [4.69, 9.17) is 28.3 Å². The van der Waals surface area contributed by atoms with E-state index in [1.54, 1.807) is 23.1 Å². The maximum absolute atomic E-state index is 12.1. The van der Waals surface area contributed by atoms with E-state index in [1.807, 2.05) is 0 Å². The van der Waals surface area contributed by atoms with Crippen LogP contribution in [0.2, 0.25) is 10.0 Å². The molecule has 0 spiro atoms. The number of carboxylic acids is 1. The number of carboxylic acid groups (broad SMARTS) is 1. The summed E-state index contributed by atoms with van der Waals surface area (Å²) in [6.07, 6.45) is 0.599. The Kier molecular flexibility index (Phi) is 4.32. The van der Waals surface area contributed by atoms with Crippen LogP contribution >= 0.6 is 23.2 Å². The molecule has 0 aliphatic carbocycles. The van der Waals surface area contributed by atoms with Crippen LogP contribution in [0.25, 0.3) is 0 Å². The van der Waals surface area contributed by atoms with Crippen LogP contribution in [0.3, 0.4) is 0 Å². The average molecular weight is 302 g/mol. The van der Waals surface area contributed by atoms with Crippen LogP contribution in [0.4, 0.5) is 0 Å². The Bertz CT molecular complexity index is 498. The van der Waals surface area contributed by atoms with E-state index in [0.29, 0.717) is 28.6 Å². The highest BCUT2D eigenvalue weighted by Gasteiger charge is 2.31. The van der Waals surface area contributed by atoms with Gasteiger partial charge in [-0.1, -0.05) is 29.3 Å². The third-order valence-electron chi connectivity index (χ3n) is 3.28. The van der Waals surface area contributed by atoms with Gasteiger partial charge in [-0.05, 0) is 24.1 Å². The minimum Gasteiger partial charge on any atom is -0.481 e. The van der Waals surface area contributed by atoms with Crippen LogP contribution in [0.1, 0.15) is 12.0 Å². The van der Waals surface area contributed by atoms with Crippen molar-refractivity contribution < 1.29 is 14.7 Å². The predicted octanol–water partition coefficient (Wildman–Crippen LogP) is 2.47. The van der Waals surface area contributed by atoms with Crippen LogP contribution in [-0.2, 0) is 16.0 Å². The molecule has 1 amide bonds. The van der Waals surface area contributed by atoms with Crippen molar-refractivity contribution in [3.8, 4) is 0 Å². The molecule has 1 aliphatic heterocycles. The summed E-state index contributed by atoms with van der Waals surface area (Å²) in [5, 5.41) is 9.82. The zero-order valence-corrected chi connectivity index (χ0v) is 11.6. The molecule has 6 heteroatoms. The van der Waals surface area contributed by atoms with Crippen LogP contribution < -0.4 is 0 Å². The first-order valence-electron chi connectivity index (χ1n) is 5.92. The Balaban J connectivity index is 2.04. The smallest absolute Gasteiger partial charge is 0.308 e. The molecular weight excluding hydrogens is 289 g/mol. The van der Waals surface area contributed by atoms with Crippen molar-refractivity contribution in [2.45, 2.75) is 12.8 Å². The summed E-state index contributed by atoms with van der Waals surface area (Å²) in [4.78, 5) is 24.5. The highest BCUT2D eigenvalue weighted by Crippen LogP contribution is 2.26. The standard InChI is InChI=1S/C13H13Cl2NO3/c14-10-2-1-3-11(15)9(10)6-12(17)16-5-4-8(7-16)13(18)19/h1-3,8H,4-7H2,(H,18,19)/t8-/m1/s1. The number of aliphatic carboxylic acids is 1. The first kappa shape index (κ1) is 14.2.